The van der Waals surface area contributed by atoms with Gasteiger partial charge in [0.2, 0.25) is 5.95 Å². The number of aliphatic hydroxyl groups excluding tert-OH is 1. The molecule has 0 aliphatic carbocycles. The van der Waals surface area contributed by atoms with Gasteiger partial charge in [-0.05, 0) is 32.0 Å². The molecule has 29 heavy (non-hydrogen) atoms. The molecule has 3 aromatic heterocycles. The summed E-state index contributed by atoms with van der Waals surface area (Å²) in [5.41, 5.74) is 6.53. The van der Waals surface area contributed by atoms with Gasteiger partial charge in [0.1, 0.15) is 5.82 Å². The summed E-state index contributed by atoms with van der Waals surface area (Å²) in [6.07, 6.45) is 3.58. The number of anilines is 4. The van der Waals surface area contributed by atoms with Gasteiger partial charge in [-0.15, -0.1) is 11.3 Å². The van der Waals surface area contributed by atoms with Crippen LogP contribution in [0.3, 0.4) is 0 Å². The van der Waals surface area contributed by atoms with E-state index in [2.05, 4.69) is 55.8 Å². The van der Waals surface area contributed by atoms with Crippen molar-refractivity contribution in [1.82, 2.24) is 19.9 Å². The molecule has 4 aromatic rings. The van der Waals surface area contributed by atoms with Crippen molar-refractivity contribution in [3.05, 3.63) is 42.2 Å². The van der Waals surface area contributed by atoms with Gasteiger partial charge in [-0.25, -0.2) is 15.0 Å². The van der Waals surface area contributed by atoms with E-state index < -0.39 is 0 Å². The number of benzene rings is 1. The standard InChI is InChI=1S/C20H23N7OS/c1-12(2)25-16-8-19(26-13-3-4-15-18(7-13)29-11-24-15)22-9-14(16)17-10-23-20(27-17)21-5-6-28/h3-4,7-12,28H,5-6H2,1-2H3,(H2,21,23,27)(H2,22,25,26). The Morgan fingerprint density at radius 1 is 1.14 bits per heavy atom. The Morgan fingerprint density at radius 2 is 2.03 bits per heavy atom. The smallest absolute Gasteiger partial charge is 0.200 e. The number of thiazole rings is 1. The zero-order valence-electron chi connectivity index (χ0n) is 16.2. The summed E-state index contributed by atoms with van der Waals surface area (Å²) in [4.78, 5) is 16.4. The van der Waals surface area contributed by atoms with Gasteiger partial charge < -0.3 is 26.0 Å². The lowest BCUT2D eigenvalue weighted by Crippen LogP contribution is -2.11. The summed E-state index contributed by atoms with van der Waals surface area (Å²) >= 11 is 1.61. The molecule has 0 aliphatic heterocycles. The van der Waals surface area contributed by atoms with E-state index in [4.69, 9.17) is 5.11 Å². The van der Waals surface area contributed by atoms with Crippen molar-refractivity contribution in [3.63, 3.8) is 0 Å². The highest BCUT2D eigenvalue weighted by Crippen LogP contribution is 2.31. The van der Waals surface area contributed by atoms with Crippen LogP contribution in [0.2, 0.25) is 0 Å². The number of hydrogen-bond acceptors (Lipinski definition) is 8. The Kier molecular flexibility index (Phi) is 5.59. The van der Waals surface area contributed by atoms with Crippen LogP contribution in [0.5, 0.6) is 0 Å². The van der Waals surface area contributed by atoms with Crippen LogP contribution in [-0.2, 0) is 0 Å². The highest BCUT2D eigenvalue weighted by Gasteiger charge is 2.12. The largest absolute Gasteiger partial charge is 0.395 e. The van der Waals surface area contributed by atoms with Crippen LogP contribution >= 0.6 is 11.3 Å². The zero-order valence-corrected chi connectivity index (χ0v) is 17.0. The summed E-state index contributed by atoms with van der Waals surface area (Å²) < 4.78 is 1.13. The molecule has 4 rings (SSSR count). The minimum atomic E-state index is 0.0471. The Bertz CT molecular complexity index is 1110. The number of aromatic amines is 1. The second kappa shape index (κ2) is 8.46. The fourth-order valence-electron chi connectivity index (χ4n) is 2.97. The summed E-state index contributed by atoms with van der Waals surface area (Å²) in [7, 11) is 0. The number of nitrogens with zero attached hydrogens (tertiary/aromatic N) is 3. The number of H-pyrrole nitrogens is 1. The van der Waals surface area contributed by atoms with E-state index in [0.717, 1.165) is 38.7 Å². The first-order valence-electron chi connectivity index (χ1n) is 9.39. The molecule has 0 aliphatic rings. The van der Waals surface area contributed by atoms with Gasteiger partial charge in [0.15, 0.2) is 0 Å². The van der Waals surface area contributed by atoms with Gasteiger partial charge in [0.25, 0.3) is 0 Å². The number of aliphatic hydroxyl groups is 1. The van der Waals surface area contributed by atoms with Crippen LogP contribution in [0.1, 0.15) is 13.8 Å². The predicted molar refractivity (Wildman–Crippen MR) is 119 cm³/mol. The predicted octanol–water partition coefficient (Wildman–Crippen LogP) is 4.05. The molecule has 0 bridgehead atoms. The van der Waals surface area contributed by atoms with Crippen molar-refractivity contribution in [2.75, 3.05) is 29.1 Å². The molecule has 0 fully saturated rings. The molecule has 1 aromatic carbocycles. The van der Waals surface area contributed by atoms with Crippen molar-refractivity contribution in [2.45, 2.75) is 19.9 Å². The highest BCUT2D eigenvalue weighted by atomic mass is 32.1. The van der Waals surface area contributed by atoms with E-state index in [9.17, 15) is 0 Å². The third kappa shape index (κ3) is 4.47. The van der Waals surface area contributed by atoms with Gasteiger partial charge in [-0.3, -0.25) is 0 Å². The molecule has 0 spiro atoms. The van der Waals surface area contributed by atoms with Crippen molar-refractivity contribution < 1.29 is 5.11 Å². The maximum atomic E-state index is 8.96. The quantitative estimate of drug-likeness (QED) is 0.298. The molecular weight excluding hydrogens is 386 g/mol. The average molecular weight is 410 g/mol. The highest BCUT2D eigenvalue weighted by molar-refractivity contribution is 7.16. The Labute approximate surface area is 172 Å². The fraction of sp³-hybridized carbons (Fsp3) is 0.250. The fourth-order valence-corrected chi connectivity index (χ4v) is 3.69. The SMILES string of the molecule is CC(C)Nc1cc(Nc2ccc3ncsc3c2)ncc1-c1cnc(NCCO)[nH]1. The lowest BCUT2D eigenvalue weighted by atomic mass is 10.1. The Balaban J connectivity index is 1.62. The Morgan fingerprint density at radius 3 is 2.86 bits per heavy atom. The number of aromatic nitrogens is 4. The maximum Gasteiger partial charge on any atom is 0.200 e. The van der Waals surface area contributed by atoms with Gasteiger partial charge >= 0.3 is 0 Å². The molecule has 0 saturated carbocycles. The number of nitrogens with one attached hydrogen (secondary N) is 4. The Hall–Kier alpha value is -3.17. The maximum absolute atomic E-state index is 8.96. The molecule has 9 heteroatoms. The lowest BCUT2D eigenvalue weighted by Gasteiger charge is -2.16. The van der Waals surface area contributed by atoms with Crippen LogP contribution in [0.25, 0.3) is 21.5 Å². The van der Waals surface area contributed by atoms with Crippen molar-refractivity contribution in [3.8, 4) is 11.3 Å². The molecule has 8 nitrogen and oxygen atoms in total. The topological polar surface area (TPSA) is 111 Å². The molecule has 0 radical (unpaired) electrons. The van der Waals surface area contributed by atoms with Crippen LogP contribution in [0.15, 0.2) is 42.2 Å². The second-order valence-electron chi connectivity index (χ2n) is 6.87. The minimum Gasteiger partial charge on any atom is -0.395 e. The molecule has 0 unspecified atom stereocenters. The first-order chi connectivity index (χ1) is 14.1. The van der Waals surface area contributed by atoms with E-state index in [0.29, 0.717) is 12.5 Å². The van der Waals surface area contributed by atoms with Crippen LogP contribution in [0, 0.1) is 0 Å². The number of rotatable bonds is 8. The summed E-state index contributed by atoms with van der Waals surface area (Å²) in [5.74, 6) is 1.36. The number of pyridine rings is 1. The van der Waals surface area contributed by atoms with E-state index in [1.165, 1.54) is 0 Å². The summed E-state index contributed by atoms with van der Waals surface area (Å²) in [6, 6.07) is 8.33. The van der Waals surface area contributed by atoms with Gasteiger partial charge in [-0.1, -0.05) is 0 Å². The molecular formula is C20H23N7OS. The third-order valence-corrected chi connectivity index (χ3v) is 5.01. The van der Waals surface area contributed by atoms with Crippen LogP contribution < -0.4 is 16.0 Å². The first-order valence-corrected chi connectivity index (χ1v) is 10.3. The molecule has 3 heterocycles. The second-order valence-corrected chi connectivity index (χ2v) is 7.76. The third-order valence-electron chi connectivity index (χ3n) is 4.22. The molecule has 5 N–H and O–H groups in total. The van der Waals surface area contributed by atoms with Gasteiger partial charge in [0, 0.05) is 41.8 Å². The van der Waals surface area contributed by atoms with E-state index in [-0.39, 0.29) is 12.6 Å². The lowest BCUT2D eigenvalue weighted by molar-refractivity contribution is 0.311. The van der Waals surface area contributed by atoms with E-state index in [1.54, 1.807) is 17.5 Å². The normalized spacial score (nSPS) is 11.2. The molecule has 150 valence electrons. The zero-order chi connectivity index (χ0) is 20.2. The number of fused-ring (bicyclic) bond motifs is 1. The van der Waals surface area contributed by atoms with Crippen molar-refractivity contribution in [1.29, 1.82) is 0 Å². The van der Waals surface area contributed by atoms with E-state index >= 15 is 0 Å². The first kappa shape index (κ1) is 19.2. The summed E-state index contributed by atoms with van der Waals surface area (Å²) in [5, 5.41) is 18.8. The number of imidazole rings is 1. The molecule has 0 amide bonds. The van der Waals surface area contributed by atoms with E-state index in [1.807, 2.05) is 29.9 Å². The average Bonchev–Trinajstić information content (AvgIpc) is 3.35. The van der Waals surface area contributed by atoms with Gasteiger partial charge in [0.05, 0.1) is 34.2 Å². The monoisotopic (exact) mass is 409 g/mol. The molecule has 0 saturated heterocycles. The van der Waals surface area contributed by atoms with Crippen molar-refractivity contribution in [2.24, 2.45) is 0 Å². The number of hydrogen-bond donors (Lipinski definition) is 5. The summed E-state index contributed by atoms with van der Waals surface area (Å²) in [6.45, 7) is 4.67. The molecule has 0 atom stereocenters. The van der Waals surface area contributed by atoms with Gasteiger partial charge in [-0.2, -0.15) is 0 Å². The minimum absolute atomic E-state index is 0.0471. The van der Waals surface area contributed by atoms with Crippen molar-refractivity contribution >= 4 is 44.7 Å². The van der Waals surface area contributed by atoms with Crippen LogP contribution in [-0.4, -0.2) is 44.2 Å². The van der Waals surface area contributed by atoms with Crippen LogP contribution in [0.4, 0.5) is 23.1 Å².